The third-order valence-electron chi connectivity index (χ3n) is 4.24. The summed E-state index contributed by atoms with van der Waals surface area (Å²) in [4.78, 5) is 2.82. The van der Waals surface area contributed by atoms with Crippen LogP contribution < -0.4 is 11.1 Å². The van der Waals surface area contributed by atoms with Crippen molar-refractivity contribution >= 4 is 17.0 Å². The molecule has 3 rings (SSSR count). The molecule has 0 aliphatic heterocycles. The van der Waals surface area contributed by atoms with Gasteiger partial charge >= 0.3 is 0 Å². The Hall–Kier alpha value is -1.32. The lowest BCUT2D eigenvalue weighted by molar-refractivity contribution is 0.464. The standard InChI is InChI=1S/C17H22N2S/c1-10-8-16(12(3)20-10)11(2)19-17-7-4-13-9-14(18)5-6-15(13)17/h5-6,8-9,11,17,19H,4,7,18H2,1-3H3. The first-order chi connectivity index (χ1) is 9.54. The molecule has 106 valence electrons. The fraction of sp³-hybridized carbons (Fsp3) is 0.412. The fourth-order valence-corrected chi connectivity index (χ4v) is 4.30. The molecular formula is C17H22N2S. The first-order valence-corrected chi connectivity index (χ1v) is 8.07. The van der Waals surface area contributed by atoms with E-state index in [-0.39, 0.29) is 0 Å². The molecule has 2 nitrogen and oxygen atoms in total. The van der Waals surface area contributed by atoms with Gasteiger partial charge < -0.3 is 11.1 Å². The molecule has 2 atom stereocenters. The molecule has 0 saturated heterocycles. The van der Waals surface area contributed by atoms with Gasteiger partial charge in [0.25, 0.3) is 0 Å². The van der Waals surface area contributed by atoms with E-state index in [1.807, 2.05) is 17.4 Å². The summed E-state index contributed by atoms with van der Waals surface area (Å²) in [5.41, 5.74) is 11.0. The molecule has 2 aromatic rings. The molecule has 2 unspecified atom stereocenters. The van der Waals surface area contributed by atoms with Crippen LogP contribution in [0.25, 0.3) is 0 Å². The number of rotatable bonds is 3. The maximum absolute atomic E-state index is 5.87. The Bertz CT molecular complexity index is 630. The highest BCUT2D eigenvalue weighted by molar-refractivity contribution is 7.12. The number of benzene rings is 1. The van der Waals surface area contributed by atoms with Crippen molar-refractivity contribution in [1.29, 1.82) is 0 Å². The van der Waals surface area contributed by atoms with E-state index in [0.717, 1.165) is 12.1 Å². The number of hydrogen-bond acceptors (Lipinski definition) is 3. The summed E-state index contributed by atoms with van der Waals surface area (Å²) in [5, 5.41) is 3.79. The van der Waals surface area contributed by atoms with Crippen molar-refractivity contribution < 1.29 is 0 Å². The molecule has 1 heterocycles. The van der Waals surface area contributed by atoms with E-state index in [0.29, 0.717) is 12.1 Å². The Labute approximate surface area is 125 Å². The monoisotopic (exact) mass is 286 g/mol. The van der Waals surface area contributed by atoms with Gasteiger partial charge in [0.15, 0.2) is 0 Å². The summed E-state index contributed by atoms with van der Waals surface area (Å²) in [7, 11) is 0. The van der Waals surface area contributed by atoms with E-state index in [2.05, 4.69) is 44.3 Å². The average molecular weight is 286 g/mol. The van der Waals surface area contributed by atoms with Gasteiger partial charge in [0.2, 0.25) is 0 Å². The maximum atomic E-state index is 5.87. The highest BCUT2D eigenvalue weighted by atomic mass is 32.1. The van der Waals surface area contributed by atoms with Crippen LogP contribution in [0.5, 0.6) is 0 Å². The van der Waals surface area contributed by atoms with E-state index >= 15 is 0 Å². The Kier molecular flexibility index (Phi) is 3.57. The van der Waals surface area contributed by atoms with Crippen LogP contribution in [-0.4, -0.2) is 0 Å². The van der Waals surface area contributed by atoms with Crippen molar-refractivity contribution in [2.24, 2.45) is 0 Å². The number of nitrogen functional groups attached to an aromatic ring is 1. The summed E-state index contributed by atoms with van der Waals surface area (Å²) in [6.45, 7) is 6.67. The van der Waals surface area contributed by atoms with Gasteiger partial charge in [-0.2, -0.15) is 0 Å². The van der Waals surface area contributed by atoms with Crippen molar-refractivity contribution in [3.05, 3.63) is 50.7 Å². The first-order valence-electron chi connectivity index (χ1n) is 7.26. The molecule has 1 aliphatic carbocycles. The Morgan fingerprint density at radius 3 is 2.80 bits per heavy atom. The molecule has 0 bridgehead atoms. The SMILES string of the molecule is Cc1cc(C(C)NC2CCc3cc(N)ccc32)c(C)s1. The number of hydrogen-bond donors (Lipinski definition) is 2. The van der Waals surface area contributed by atoms with Crippen molar-refractivity contribution in [2.45, 2.75) is 45.7 Å². The van der Waals surface area contributed by atoms with Gasteiger partial charge in [-0.1, -0.05) is 6.07 Å². The number of nitrogens with one attached hydrogen (secondary N) is 1. The third-order valence-corrected chi connectivity index (χ3v) is 5.22. The molecule has 1 aliphatic rings. The molecule has 0 saturated carbocycles. The van der Waals surface area contributed by atoms with Crippen LogP contribution in [0.3, 0.4) is 0 Å². The molecule has 0 spiro atoms. The summed E-state index contributed by atoms with van der Waals surface area (Å²) < 4.78 is 0. The number of fused-ring (bicyclic) bond motifs is 1. The zero-order valence-electron chi connectivity index (χ0n) is 12.4. The number of nitrogens with two attached hydrogens (primary N) is 1. The molecule has 0 radical (unpaired) electrons. The summed E-state index contributed by atoms with van der Waals surface area (Å²) >= 11 is 1.89. The van der Waals surface area contributed by atoms with Crippen molar-refractivity contribution in [2.75, 3.05) is 5.73 Å². The quantitative estimate of drug-likeness (QED) is 0.826. The van der Waals surface area contributed by atoms with Gasteiger partial charge in [-0.25, -0.2) is 0 Å². The van der Waals surface area contributed by atoms with E-state index in [1.54, 1.807) is 0 Å². The summed E-state index contributed by atoms with van der Waals surface area (Å²) in [6, 6.07) is 9.50. The van der Waals surface area contributed by atoms with Crippen LogP contribution in [0.2, 0.25) is 0 Å². The van der Waals surface area contributed by atoms with Gasteiger partial charge in [0.05, 0.1) is 0 Å². The lowest BCUT2D eigenvalue weighted by Gasteiger charge is -2.20. The predicted molar refractivity (Wildman–Crippen MR) is 87.3 cm³/mol. The van der Waals surface area contributed by atoms with Crippen molar-refractivity contribution in [3.8, 4) is 0 Å². The smallest absolute Gasteiger partial charge is 0.0331 e. The minimum atomic E-state index is 0.397. The van der Waals surface area contributed by atoms with E-state index < -0.39 is 0 Å². The highest BCUT2D eigenvalue weighted by Gasteiger charge is 2.24. The zero-order valence-corrected chi connectivity index (χ0v) is 13.2. The minimum absolute atomic E-state index is 0.397. The molecular weight excluding hydrogens is 264 g/mol. The molecule has 1 aromatic heterocycles. The second-order valence-corrected chi connectivity index (χ2v) is 7.27. The Morgan fingerprint density at radius 1 is 1.30 bits per heavy atom. The average Bonchev–Trinajstić information content (AvgIpc) is 2.93. The Morgan fingerprint density at radius 2 is 2.10 bits per heavy atom. The second kappa shape index (κ2) is 5.23. The molecule has 20 heavy (non-hydrogen) atoms. The first kappa shape index (κ1) is 13.7. The third kappa shape index (κ3) is 2.48. The van der Waals surface area contributed by atoms with Gasteiger partial charge in [0.1, 0.15) is 0 Å². The topological polar surface area (TPSA) is 38.0 Å². The molecule has 0 amide bonds. The van der Waals surface area contributed by atoms with Crippen LogP contribution in [0.4, 0.5) is 5.69 Å². The molecule has 3 heteroatoms. The van der Waals surface area contributed by atoms with Crippen LogP contribution in [-0.2, 0) is 6.42 Å². The van der Waals surface area contributed by atoms with Gasteiger partial charge in [-0.15, -0.1) is 11.3 Å². The van der Waals surface area contributed by atoms with E-state index in [4.69, 9.17) is 5.73 Å². The molecule has 1 aromatic carbocycles. The Balaban J connectivity index is 1.79. The highest BCUT2D eigenvalue weighted by Crippen LogP contribution is 2.35. The van der Waals surface area contributed by atoms with Crippen molar-refractivity contribution in [1.82, 2.24) is 5.32 Å². The van der Waals surface area contributed by atoms with E-state index in [1.165, 1.54) is 32.9 Å². The molecule has 3 N–H and O–H groups in total. The summed E-state index contributed by atoms with van der Waals surface area (Å²) in [6.07, 6.45) is 2.30. The minimum Gasteiger partial charge on any atom is -0.399 e. The zero-order chi connectivity index (χ0) is 14.3. The van der Waals surface area contributed by atoms with E-state index in [9.17, 15) is 0 Å². The number of thiophene rings is 1. The lowest BCUT2D eigenvalue weighted by Crippen LogP contribution is -2.23. The largest absolute Gasteiger partial charge is 0.399 e. The van der Waals surface area contributed by atoms with Crippen molar-refractivity contribution in [3.63, 3.8) is 0 Å². The van der Waals surface area contributed by atoms with Crippen LogP contribution in [0.15, 0.2) is 24.3 Å². The molecule has 0 fully saturated rings. The van der Waals surface area contributed by atoms with Gasteiger partial charge in [-0.3, -0.25) is 0 Å². The predicted octanol–water partition coefficient (Wildman–Crippen LogP) is 4.29. The van der Waals surface area contributed by atoms with Crippen LogP contribution in [0.1, 0.15) is 51.9 Å². The maximum Gasteiger partial charge on any atom is 0.0331 e. The number of anilines is 1. The van der Waals surface area contributed by atoms with Gasteiger partial charge in [-0.05, 0) is 68.5 Å². The van der Waals surface area contributed by atoms with Crippen LogP contribution >= 0.6 is 11.3 Å². The summed E-state index contributed by atoms with van der Waals surface area (Å²) in [5.74, 6) is 0. The second-order valence-electron chi connectivity index (χ2n) is 5.81. The van der Waals surface area contributed by atoms with Crippen LogP contribution in [0, 0.1) is 13.8 Å². The normalized spacial score (nSPS) is 19.1. The van der Waals surface area contributed by atoms with Gasteiger partial charge in [0, 0.05) is 27.5 Å². The fourth-order valence-electron chi connectivity index (χ4n) is 3.28. The lowest BCUT2D eigenvalue weighted by atomic mass is 10.0. The number of aryl methyl sites for hydroxylation is 3.